The maximum atomic E-state index is 5.78. The minimum atomic E-state index is 0.306. The summed E-state index contributed by atoms with van der Waals surface area (Å²) >= 11 is 5.27. The first-order chi connectivity index (χ1) is 10.2. The normalized spacial score (nSPS) is 15.6. The van der Waals surface area contributed by atoms with Crippen LogP contribution < -0.4 is 14.8 Å². The van der Waals surface area contributed by atoms with E-state index in [0.717, 1.165) is 33.0 Å². The Morgan fingerprint density at radius 3 is 2.95 bits per heavy atom. The summed E-state index contributed by atoms with van der Waals surface area (Å²) in [5.74, 6) is 1.58. The van der Waals surface area contributed by atoms with E-state index in [0.29, 0.717) is 19.3 Å². The Balaban J connectivity index is 1.97. The third-order valence-corrected chi connectivity index (χ3v) is 5.25. The minimum Gasteiger partial charge on any atom is -0.489 e. The lowest BCUT2D eigenvalue weighted by Crippen LogP contribution is -2.10. The molecule has 0 aliphatic carbocycles. The van der Waals surface area contributed by atoms with Crippen LogP contribution in [0.2, 0.25) is 0 Å². The fourth-order valence-corrected chi connectivity index (χ4v) is 3.64. The number of halogens is 1. The summed E-state index contributed by atoms with van der Waals surface area (Å²) in [7, 11) is 1.95. The number of hydrogen-bond donors (Lipinski definition) is 1. The molecule has 0 bridgehead atoms. The van der Waals surface area contributed by atoms with Crippen molar-refractivity contribution < 1.29 is 9.47 Å². The summed E-state index contributed by atoms with van der Waals surface area (Å²) in [5, 5.41) is 4.22. The van der Waals surface area contributed by atoms with Gasteiger partial charge in [0.1, 0.15) is 5.01 Å². The Hall–Kier alpha value is -1.11. The Morgan fingerprint density at radius 2 is 2.14 bits per heavy atom. The largest absolute Gasteiger partial charge is 0.489 e. The van der Waals surface area contributed by atoms with Gasteiger partial charge in [-0.1, -0.05) is 0 Å². The number of thiazole rings is 1. The number of ether oxygens (including phenoxy) is 2. The second-order valence-corrected chi connectivity index (χ2v) is 6.83. The van der Waals surface area contributed by atoms with E-state index in [1.165, 1.54) is 4.88 Å². The van der Waals surface area contributed by atoms with Gasteiger partial charge >= 0.3 is 0 Å². The zero-order valence-corrected chi connectivity index (χ0v) is 14.4. The molecule has 0 saturated carbocycles. The quantitative estimate of drug-likeness (QED) is 0.888. The van der Waals surface area contributed by atoms with Crippen molar-refractivity contribution in [2.24, 2.45) is 0 Å². The summed E-state index contributed by atoms with van der Waals surface area (Å²) < 4.78 is 12.4. The van der Waals surface area contributed by atoms with E-state index < -0.39 is 0 Å². The molecule has 3 rings (SSSR count). The molecule has 1 aliphatic heterocycles. The lowest BCUT2D eigenvalue weighted by Gasteiger charge is -2.10. The summed E-state index contributed by atoms with van der Waals surface area (Å²) in [4.78, 5) is 5.75. The molecule has 2 aromatic rings. The van der Waals surface area contributed by atoms with E-state index in [4.69, 9.17) is 9.47 Å². The van der Waals surface area contributed by atoms with Crippen LogP contribution in [0.25, 0.3) is 10.6 Å². The zero-order chi connectivity index (χ0) is 14.8. The zero-order valence-electron chi connectivity index (χ0n) is 12.0. The molecule has 0 amide bonds. The van der Waals surface area contributed by atoms with Gasteiger partial charge in [-0.25, -0.2) is 4.98 Å². The van der Waals surface area contributed by atoms with E-state index in [1.54, 1.807) is 11.3 Å². The summed E-state index contributed by atoms with van der Waals surface area (Å²) in [5.41, 5.74) is 1.05. The first-order valence-electron chi connectivity index (χ1n) is 6.91. The molecule has 1 aliphatic rings. The van der Waals surface area contributed by atoms with Gasteiger partial charge in [-0.3, -0.25) is 0 Å². The van der Waals surface area contributed by atoms with Crippen LogP contribution in [0.15, 0.2) is 22.8 Å². The maximum Gasteiger partial charge on any atom is 0.175 e. The Labute approximate surface area is 136 Å². The summed E-state index contributed by atoms with van der Waals surface area (Å²) in [6.45, 7) is 3.50. The summed E-state index contributed by atoms with van der Waals surface area (Å²) in [6.07, 6.45) is 2.83. The van der Waals surface area contributed by atoms with Crippen LogP contribution in [0.3, 0.4) is 0 Å². The van der Waals surface area contributed by atoms with E-state index in [2.05, 4.69) is 33.2 Å². The van der Waals surface area contributed by atoms with Crippen LogP contribution in [0.4, 0.5) is 0 Å². The number of benzene rings is 1. The molecule has 0 radical (unpaired) electrons. The molecule has 2 heterocycles. The van der Waals surface area contributed by atoms with Gasteiger partial charge in [-0.15, -0.1) is 11.3 Å². The molecule has 1 aromatic carbocycles. The number of aromatic nitrogens is 1. The third kappa shape index (κ3) is 3.07. The fraction of sp³-hybridized carbons (Fsp3) is 0.400. The molecule has 1 N–H and O–H groups in total. The molecule has 1 atom stereocenters. The van der Waals surface area contributed by atoms with Gasteiger partial charge in [0.15, 0.2) is 11.5 Å². The maximum absolute atomic E-state index is 5.78. The molecule has 0 spiro atoms. The van der Waals surface area contributed by atoms with Crippen LogP contribution in [-0.4, -0.2) is 25.2 Å². The molecular formula is C15H17BrN2O2S. The topological polar surface area (TPSA) is 43.4 Å². The van der Waals surface area contributed by atoms with Crippen molar-refractivity contribution in [2.75, 3.05) is 20.3 Å². The first-order valence-corrected chi connectivity index (χ1v) is 8.52. The van der Waals surface area contributed by atoms with Crippen molar-refractivity contribution in [3.05, 3.63) is 27.7 Å². The van der Waals surface area contributed by atoms with Crippen LogP contribution in [0, 0.1) is 0 Å². The monoisotopic (exact) mass is 368 g/mol. The average Bonchev–Trinajstić information content (AvgIpc) is 2.86. The van der Waals surface area contributed by atoms with Gasteiger partial charge in [-0.2, -0.15) is 0 Å². The second-order valence-electron chi connectivity index (χ2n) is 4.91. The van der Waals surface area contributed by atoms with Gasteiger partial charge < -0.3 is 14.8 Å². The highest BCUT2D eigenvalue weighted by atomic mass is 79.9. The van der Waals surface area contributed by atoms with Crippen molar-refractivity contribution in [3.8, 4) is 22.1 Å². The molecule has 1 aromatic heterocycles. The van der Waals surface area contributed by atoms with Crippen molar-refractivity contribution in [3.63, 3.8) is 0 Å². The van der Waals surface area contributed by atoms with Crippen molar-refractivity contribution in [1.29, 1.82) is 0 Å². The number of rotatable bonds is 3. The Bertz CT molecular complexity index is 645. The van der Waals surface area contributed by atoms with Crippen molar-refractivity contribution >= 4 is 27.3 Å². The highest BCUT2D eigenvalue weighted by Crippen LogP contribution is 2.41. The van der Waals surface area contributed by atoms with Gasteiger partial charge in [-0.05, 0) is 42.0 Å². The van der Waals surface area contributed by atoms with Crippen LogP contribution in [0.1, 0.15) is 24.3 Å². The van der Waals surface area contributed by atoms with Gasteiger partial charge in [0.25, 0.3) is 0 Å². The van der Waals surface area contributed by atoms with E-state index >= 15 is 0 Å². The molecular weight excluding hydrogens is 352 g/mol. The van der Waals surface area contributed by atoms with Gasteiger partial charge in [0.2, 0.25) is 0 Å². The standard InChI is InChI=1S/C15H17BrN2O2S/c1-9(17-2)13-8-18-15(21-13)10-6-11(16)14-12(7-10)19-4-3-5-20-14/h6-9,17H,3-5H2,1-2H3. The molecule has 112 valence electrons. The number of fused-ring (bicyclic) bond motifs is 1. The lowest BCUT2D eigenvalue weighted by atomic mass is 10.2. The van der Waals surface area contributed by atoms with Gasteiger partial charge in [0, 0.05) is 29.1 Å². The number of nitrogens with zero attached hydrogens (tertiary/aromatic N) is 1. The van der Waals surface area contributed by atoms with Crippen molar-refractivity contribution in [1.82, 2.24) is 10.3 Å². The fourth-order valence-electron chi connectivity index (χ4n) is 2.12. The van der Waals surface area contributed by atoms with E-state index in [9.17, 15) is 0 Å². The number of hydrogen-bond acceptors (Lipinski definition) is 5. The molecule has 0 saturated heterocycles. The SMILES string of the molecule is CNC(C)c1cnc(-c2cc(Br)c3c(c2)OCCCO3)s1. The average molecular weight is 369 g/mol. The highest BCUT2D eigenvalue weighted by Gasteiger charge is 2.17. The predicted molar refractivity (Wildman–Crippen MR) is 88.3 cm³/mol. The molecule has 6 heteroatoms. The highest BCUT2D eigenvalue weighted by molar-refractivity contribution is 9.10. The predicted octanol–water partition coefficient (Wildman–Crippen LogP) is 4.01. The van der Waals surface area contributed by atoms with Crippen LogP contribution in [0.5, 0.6) is 11.5 Å². The van der Waals surface area contributed by atoms with Gasteiger partial charge in [0.05, 0.1) is 17.7 Å². The van der Waals surface area contributed by atoms with E-state index in [1.807, 2.05) is 25.4 Å². The molecule has 0 fully saturated rings. The van der Waals surface area contributed by atoms with Crippen LogP contribution >= 0.6 is 27.3 Å². The molecule has 4 nitrogen and oxygen atoms in total. The summed E-state index contributed by atoms with van der Waals surface area (Å²) in [6, 6.07) is 4.36. The lowest BCUT2D eigenvalue weighted by molar-refractivity contribution is 0.296. The van der Waals surface area contributed by atoms with Crippen molar-refractivity contribution in [2.45, 2.75) is 19.4 Å². The smallest absolute Gasteiger partial charge is 0.175 e. The molecule has 21 heavy (non-hydrogen) atoms. The first kappa shape index (κ1) is 14.8. The minimum absolute atomic E-state index is 0.306. The van der Waals surface area contributed by atoms with Crippen LogP contribution in [-0.2, 0) is 0 Å². The molecule has 1 unspecified atom stereocenters. The third-order valence-electron chi connectivity index (χ3n) is 3.43. The number of nitrogens with one attached hydrogen (secondary N) is 1. The Morgan fingerprint density at radius 1 is 1.33 bits per heavy atom. The van der Waals surface area contributed by atoms with E-state index in [-0.39, 0.29) is 0 Å². The Kier molecular flexibility index (Phi) is 4.47. The second kappa shape index (κ2) is 6.34.